The van der Waals surface area contributed by atoms with Crippen molar-refractivity contribution in [3.8, 4) is 5.75 Å². The van der Waals surface area contributed by atoms with E-state index in [1.54, 1.807) is 13.0 Å². The number of rotatable bonds is 5. The van der Waals surface area contributed by atoms with Crippen LogP contribution in [0.2, 0.25) is 0 Å². The van der Waals surface area contributed by atoms with Gasteiger partial charge in [-0.15, -0.1) is 13.2 Å². The molecule has 1 aromatic carbocycles. The molecule has 122 valence electrons. The number of carbonyl (C=O) groups excluding carboxylic acids is 1. The highest BCUT2D eigenvalue weighted by atomic mass is 19.4. The Kier molecular flexibility index (Phi) is 4.95. The Hall–Kier alpha value is -1.76. The summed E-state index contributed by atoms with van der Waals surface area (Å²) in [6, 6.07) is 5.25. The van der Waals surface area contributed by atoms with Gasteiger partial charge < -0.3 is 15.4 Å². The standard InChI is InChI=1S/C15H19F3N2O2/c1-9(12-7-19-8-12)14(21)20-10(2)11-4-3-5-13(6-11)22-15(16,17)18/h3-6,9-10,12,19H,7-8H2,1-2H3,(H,20,21). The van der Waals surface area contributed by atoms with Crippen LogP contribution in [0.3, 0.4) is 0 Å². The van der Waals surface area contributed by atoms with Crippen molar-refractivity contribution >= 4 is 5.91 Å². The molecule has 0 spiro atoms. The number of carbonyl (C=O) groups is 1. The van der Waals surface area contributed by atoms with Crippen molar-refractivity contribution in [2.45, 2.75) is 26.3 Å². The Bertz CT molecular complexity index is 530. The fraction of sp³-hybridized carbons (Fsp3) is 0.533. The number of amides is 1. The second-order valence-corrected chi connectivity index (χ2v) is 5.56. The normalized spacial score (nSPS) is 18.2. The van der Waals surface area contributed by atoms with E-state index in [4.69, 9.17) is 0 Å². The number of nitrogens with one attached hydrogen (secondary N) is 2. The van der Waals surface area contributed by atoms with Gasteiger partial charge in [-0.2, -0.15) is 0 Å². The second kappa shape index (κ2) is 6.56. The molecule has 22 heavy (non-hydrogen) atoms. The molecule has 0 aromatic heterocycles. The maximum absolute atomic E-state index is 12.2. The van der Waals surface area contributed by atoms with Crippen LogP contribution in [-0.2, 0) is 4.79 Å². The van der Waals surface area contributed by atoms with Gasteiger partial charge in [-0.05, 0) is 43.6 Å². The number of hydrogen-bond donors (Lipinski definition) is 2. The van der Waals surface area contributed by atoms with Crippen molar-refractivity contribution in [3.05, 3.63) is 29.8 Å². The van der Waals surface area contributed by atoms with Crippen LogP contribution in [0.5, 0.6) is 5.75 Å². The fourth-order valence-electron chi connectivity index (χ4n) is 2.29. The number of halogens is 3. The molecule has 1 aliphatic rings. The second-order valence-electron chi connectivity index (χ2n) is 5.56. The minimum Gasteiger partial charge on any atom is -0.406 e. The van der Waals surface area contributed by atoms with Crippen LogP contribution in [0.4, 0.5) is 13.2 Å². The summed E-state index contributed by atoms with van der Waals surface area (Å²) in [5.41, 5.74) is 0.564. The summed E-state index contributed by atoms with van der Waals surface area (Å²) in [7, 11) is 0. The molecule has 1 aliphatic heterocycles. The fourth-order valence-corrected chi connectivity index (χ4v) is 2.29. The van der Waals surface area contributed by atoms with E-state index >= 15 is 0 Å². The molecular formula is C15H19F3N2O2. The summed E-state index contributed by atoms with van der Waals surface area (Å²) in [6.07, 6.45) is -4.73. The minimum atomic E-state index is -4.73. The molecule has 2 N–H and O–H groups in total. The topological polar surface area (TPSA) is 50.4 Å². The predicted molar refractivity (Wildman–Crippen MR) is 75.2 cm³/mol. The van der Waals surface area contributed by atoms with Crippen molar-refractivity contribution in [1.82, 2.24) is 10.6 Å². The molecule has 4 nitrogen and oxygen atoms in total. The van der Waals surface area contributed by atoms with Crippen LogP contribution in [0, 0.1) is 11.8 Å². The molecule has 2 rings (SSSR count). The van der Waals surface area contributed by atoms with Gasteiger partial charge in [0.1, 0.15) is 5.75 Å². The molecule has 0 saturated carbocycles. The highest BCUT2D eigenvalue weighted by Gasteiger charge is 2.32. The van der Waals surface area contributed by atoms with Gasteiger partial charge in [0, 0.05) is 5.92 Å². The molecule has 1 amide bonds. The molecule has 1 saturated heterocycles. The lowest BCUT2D eigenvalue weighted by atomic mass is 9.88. The first-order chi connectivity index (χ1) is 10.3. The van der Waals surface area contributed by atoms with E-state index in [0.29, 0.717) is 11.5 Å². The van der Waals surface area contributed by atoms with Gasteiger partial charge in [-0.3, -0.25) is 4.79 Å². The maximum atomic E-state index is 12.2. The van der Waals surface area contributed by atoms with E-state index in [1.807, 2.05) is 6.92 Å². The average molecular weight is 316 g/mol. The van der Waals surface area contributed by atoms with Gasteiger partial charge in [-0.1, -0.05) is 19.1 Å². The lowest BCUT2D eigenvalue weighted by molar-refractivity contribution is -0.274. The highest BCUT2D eigenvalue weighted by molar-refractivity contribution is 5.79. The van der Waals surface area contributed by atoms with Gasteiger partial charge in [-0.25, -0.2) is 0 Å². The van der Waals surface area contributed by atoms with Crippen LogP contribution in [-0.4, -0.2) is 25.4 Å². The number of benzene rings is 1. The van der Waals surface area contributed by atoms with Crippen molar-refractivity contribution in [3.63, 3.8) is 0 Å². The van der Waals surface area contributed by atoms with Gasteiger partial charge in [0.15, 0.2) is 0 Å². The Morgan fingerprint density at radius 1 is 1.36 bits per heavy atom. The quantitative estimate of drug-likeness (QED) is 0.878. The van der Waals surface area contributed by atoms with Crippen LogP contribution in [0.15, 0.2) is 24.3 Å². The first-order valence-corrected chi connectivity index (χ1v) is 7.13. The first-order valence-electron chi connectivity index (χ1n) is 7.13. The van der Waals surface area contributed by atoms with E-state index in [1.165, 1.54) is 18.2 Å². The summed E-state index contributed by atoms with van der Waals surface area (Å²) < 4.78 is 40.6. The van der Waals surface area contributed by atoms with Gasteiger partial charge in [0.2, 0.25) is 5.91 Å². The lowest BCUT2D eigenvalue weighted by Crippen LogP contribution is -2.49. The Labute approximate surface area is 127 Å². The average Bonchev–Trinajstić information content (AvgIpc) is 2.34. The predicted octanol–water partition coefficient (Wildman–Crippen LogP) is 2.62. The van der Waals surface area contributed by atoms with Crippen LogP contribution in [0.25, 0.3) is 0 Å². The van der Waals surface area contributed by atoms with Crippen LogP contribution in [0.1, 0.15) is 25.5 Å². The van der Waals surface area contributed by atoms with E-state index in [-0.39, 0.29) is 23.6 Å². The van der Waals surface area contributed by atoms with Crippen molar-refractivity contribution in [1.29, 1.82) is 0 Å². The Morgan fingerprint density at radius 2 is 2.05 bits per heavy atom. The van der Waals surface area contributed by atoms with Gasteiger partial charge in [0.25, 0.3) is 0 Å². The largest absolute Gasteiger partial charge is 0.573 e. The summed E-state index contributed by atoms with van der Waals surface area (Å²) in [5, 5.41) is 5.94. The Balaban J connectivity index is 1.98. The van der Waals surface area contributed by atoms with E-state index in [2.05, 4.69) is 15.4 Å². The summed E-state index contributed by atoms with van der Waals surface area (Å²) >= 11 is 0. The van der Waals surface area contributed by atoms with Crippen molar-refractivity contribution < 1.29 is 22.7 Å². The van der Waals surface area contributed by atoms with Crippen molar-refractivity contribution in [2.75, 3.05) is 13.1 Å². The summed E-state index contributed by atoms with van der Waals surface area (Å²) in [5.74, 6) is -0.200. The summed E-state index contributed by atoms with van der Waals surface area (Å²) in [4.78, 5) is 12.1. The maximum Gasteiger partial charge on any atom is 0.573 e. The van der Waals surface area contributed by atoms with E-state index < -0.39 is 6.36 Å². The smallest absolute Gasteiger partial charge is 0.406 e. The monoisotopic (exact) mass is 316 g/mol. The third-order valence-corrected chi connectivity index (χ3v) is 3.88. The number of alkyl halides is 3. The van der Waals surface area contributed by atoms with E-state index in [0.717, 1.165) is 13.1 Å². The third kappa shape index (κ3) is 4.37. The zero-order valence-corrected chi connectivity index (χ0v) is 12.4. The molecule has 2 atom stereocenters. The molecule has 1 fully saturated rings. The molecule has 1 aromatic rings. The zero-order valence-electron chi connectivity index (χ0n) is 12.4. The molecular weight excluding hydrogens is 297 g/mol. The van der Waals surface area contributed by atoms with Crippen LogP contribution >= 0.6 is 0 Å². The van der Waals surface area contributed by atoms with Crippen molar-refractivity contribution in [2.24, 2.45) is 11.8 Å². The van der Waals surface area contributed by atoms with Gasteiger partial charge >= 0.3 is 6.36 Å². The minimum absolute atomic E-state index is 0.0962. The van der Waals surface area contributed by atoms with E-state index in [9.17, 15) is 18.0 Å². The molecule has 2 unspecified atom stereocenters. The SMILES string of the molecule is CC(NC(=O)C(C)C1CNC1)c1cccc(OC(F)(F)F)c1. The molecule has 0 aliphatic carbocycles. The molecule has 0 bridgehead atoms. The van der Waals surface area contributed by atoms with Gasteiger partial charge in [0.05, 0.1) is 6.04 Å². The van der Waals surface area contributed by atoms with Crippen LogP contribution < -0.4 is 15.4 Å². The first kappa shape index (κ1) is 16.6. The molecule has 1 heterocycles. The molecule has 7 heteroatoms. The molecule has 0 radical (unpaired) electrons. The Morgan fingerprint density at radius 3 is 2.59 bits per heavy atom. The highest BCUT2D eigenvalue weighted by Crippen LogP contribution is 2.26. The third-order valence-electron chi connectivity index (χ3n) is 3.88. The lowest BCUT2D eigenvalue weighted by Gasteiger charge is -2.32. The zero-order chi connectivity index (χ0) is 16.3. The number of hydrogen-bond acceptors (Lipinski definition) is 3. The number of ether oxygens (including phenoxy) is 1. The summed E-state index contributed by atoms with van der Waals surface area (Å²) in [6.45, 7) is 5.23.